The van der Waals surface area contributed by atoms with Crippen LogP contribution in [0.4, 0.5) is 23.0 Å². The van der Waals surface area contributed by atoms with Crippen LogP contribution in [0, 0.1) is 13.8 Å². The number of benzene rings is 2. The highest BCUT2D eigenvalue weighted by atomic mass is 15.2. The molecule has 0 bridgehead atoms. The minimum atomic E-state index is 0.821. The summed E-state index contributed by atoms with van der Waals surface area (Å²) in [6.07, 6.45) is 2.69. The zero-order valence-corrected chi connectivity index (χ0v) is 14.0. The molecule has 0 unspecified atom stereocenters. The summed E-state index contributed by atoms with van der Waals surface area (Å²) in [5.74, 6) is 1.76. The van der Waals surface area contributed by atoms with Gasteiger partial charge in [0, 0.05) is 24.0 Å². The van der Waals surface area contributed by atoms with Crippen LogP contribution < -0.4 is 10.2 Å². The Hall–Kier alpha value is -2.88. The Bertz CT molecular complexity index is 868. The molecule has 3 aromatic rings. The van der Waals surface area contributed by atoms with Gasteiger partial charge >= 0.3 is 0 Å². The summed E-state index contributed by atoms with van der Waals surface area (Å²) in [7, 11) is 0. The number of hydrogen-bond donors (Lipinski definition) is 1. The van der Waals surface area contributed by atoms with Gasteiger partial charge in [-0.15, -0.1) is 0 Å². The van der Waals surface area contributed by atoms with Crippen LogP contribution in [0.25, 0.3) is 0 Å². The van der Waals surface area contributed by atoms with E-state index in [0.29, 0.717) is 0 Å². The van der Waals surface area contributed by atoms with E-state index in [1.807, 2.05) is 6.07 Å². The largest absolute Gasteiger partial charge is 0.340 e. The lowest BCUT2D eigenvalue weighted by molar-refractivity contribution is 0.965. The molecule has 0 aliphatic carbocycles. The third-order valence-corrected chi connectivity index (χ3v) is 4.55. The molecule has 1 aliphatic rings. The zero-order chi connectivity index (χ0) is 16.5. The number of rotatable bonds is 3. The lowest BCUT2D eigenvalue weighted by atomic mass is 10.1. The summed E-state index contributed by atoms with van der Waals surface area (Å²) in [6.45, 7) is 5.17. The van der Waals surface area contributed by atoms with E-state index >= 15 is 0 Å². The van der Waals surface area contributed by atoms with Gasteiger partial charge in [-0.3, -0.25) is 0 Å². The SMILES string of the molecule is Cc1cccc(C)c1Nc1cc(N2CCc3ccccc32)ncn1. The lowest BCUT2D eigenvalue weighted by Crippen LogP contribution is -2.15. The Morgan fingerprint density at radius 2 is 1.75 bits per heavy atom. The number of nitrogens with zero attached hydrogens (tertiary/aromatic N) is 3. The van der Waals surface area contributed by atoms with E-state index in [9.17, 15) is 0 Å². The molecule has 120 valence electrons. The topological polar surface area (TPSA) is 41.0 Å². The average Bonchev–Trinajstić information content (AvgIpc) is 3.03. The third-order valence-electron chi connectivity index (χ3n) is 4.55. The number of anilines is 4. The molecule has 0 amide bonds. The van der Waals surface area contributed by atoms with Crippen LogP contribution in [0.5, 0.6) is 0 Å². The Kier molecular flexibility index (Phi) is 3.65. The van der Waals surface area contributed by atoms with E-state index in [4.69, 9.17) is 0 Å². The van der Waals surface area contributed by atoms with Crippen molar-refractivity contribution >= 4 is 23.0 Å². The van der Waals surface area contributed by atoms with Crippen molar-refractivity contribution in [1.29, 1.82) is 0 Å². The molecule has 1 aliphatic heterocycles. The summed E-state index contributed by atoms with van der Waals surface area (Å²) < 4.78 is 0. The van der Waals surface area contributed by atoms with Crippen molar-refractivity contribution in [1.82, 2.24) is 9.97 Å². The smallest absolute Gasteiger partial charge is 0.138 e. The number of para-hydroxylation sites is 2. The molecule has 4 nitrogen and oxygen atoms in total. The predicted octanol–water partition coefficient (Wildman–Crippen LogP) is 4.53. The Morgan fingerprint density at radius 1 is 0.958 bits per heavy atom. The molecule has 0 atom stereocenters. The Morgan fingerprint density at radius 3 is 2.58 bits per heavy atom. The van der Waals surface area contributed by atoms with Crippen LogP contribution in [-0.2, 0) is 6.42 Å². The van der Waals surface area contributed by atoms with Crippen molar-refractivity contribution in [2.75, 3.05) is 16.8 Å². The lowest BCUT2D eigenvalue weighted by Gasteiger charge is -2.19. The number of nitrogens with one attached hydrogen (secondary N) is 1. The van der Waals surface area contributed by atoms with Gasteiger partial charge in [0.1, 0.15) is 18.0 Å². The highest BCUT2D eigenvalue weighted by Crippen LogP contribution is 2.34. The van der Waals surface area contributed by atoms with Gasteiger partial charge in [0.2, 0.25) is 0 Å². The molecule has 0 saturated carbocycles. The zero-order valence-electron chi connectivity index (χ0n) is 14.0. The fourth-order valence-electron chi connectivity index (χ4n) is 3.28. The van der Waals surface area contributed by atoms with Gasteiger partial charge in [-0.05, 0) is 43.0 Å². The molecule has 0 spiro atoms. The molecule has 4 rings (SSSR count). The van der Waals surface area contributed by atoms with Gasteiger partial charge in [0.25, 0.3) is 0 Å². The molecule has 24 heavy (non-hydrogen) atoms. The molecular formula is C20H20N4. The highest BCUT2D eigenvalue weighted by molar-refractivity contribution is 5.71. The van der Waals surface area contributed by atoms with E-state index < -0.39 is 0 Å². The monoisotopic (exact) mass is 316 g/mol. The second kappa shape index (κ2) is 5.96. The van der Waals surface area contributed by atoms with E-state index in [1.54, 1.807) is 6.33 Å². The molecule has 2 heterocycles. The van der Waals surface area contributed by atoms with Crippen molar-refractivity contribution in [3.05, 3.63) is 71.5 Å². The first-order chi connectivity index (χ1) is 11.7. The van der Waals surface area contributed by atoms with E-state index in [1.165, 1.54) is 22.4 Å². The van der Waals surface area contributed by atoms with Crippen molar-refractivity contribution in [2.24, 2.45) is 0 Å². The van der Waals surface area contributed by atoms with Crippen LogP contribution in [0.2, 0.25) is 0 Å². The first-order valence-electron chi connectivity index (χ1n) is 8.23. The summed E-state index contributed by atoms with van der Waals surface area (Å²) in [5.41, 5.74) is 6.15. The third kappa shape index (κ3) is 2.60. The van der Waals surface area contributed by atoms with Crippen molar-refractivity contribution in [2.45, 2.75) is 20.3 Å². The van der Waals surface area contributed by atoms with Crippen LogP contribution in [0.1, 0.15) is 16.7 Å². The molecule has 2 aromatic carbocycles. The fraction of sp³-hybridized carbons (Fsp3) is 0.200. The minimum Gasteiger partial charge on any atom is -0.340 e. The van der Waals surface area contributed by atoms with Gasteiger partial charge in [-0.1, -0.05) is 36.4 Å². The molecule has 0 fully saturated rings. The first-order valence-corrected chi connectivity index (χ1v) is 8.23. The van der Waals surface area contributed by atoms with Gasteiger partial charge < -0.3 is 10.2 Å². The van der Waals surface area contributed by atoms with Crippen LogP contribution in [0.3, 0.4) is 0 Å². The number of fused-ring (bicyclic) bond motifs is 1. The van der Waals surface area contributed by atoms with Gasteiger partial charge in [-0.25, -0.2) is 9.97 Å². The quantitative estimate of drug-likeness (QED) is 0.770. The maximum Gasteiger partial charge on any atom is 0.138 e. The number of aromatic nitrogens is 2. The summed E-state index contributed by atoms with van der Waals surface area (Å²) in [6, 6.07) is 16.8. The predicted molar refractivity (Wildman–Crippen MR) is 98.4 cm³/mol. The maximum atomic E-state index is 4.48. The molecule has 1 aromatic heterocycles. The van der Waals surface area contributed by atoms with Crippen molar-refractivity contribution in [3.8, 4) is 0 Å². The second-order valence-electron chi connectivity index (χ2n) is 6.18. The molecule has 4 heteroatoms. The summed E-state index contributed by atoms with van der Waals surface area (Å²) in [4.78, 5) is 11.1. The fourth-order valence-corrected chi connectivity index (χ4v) is 3.28. The van der Waals surface area contributed by atoms with E-state index in [2.05, 4.69) is 76.5 Å². The Labute approximate surface area is 142 Å². The molecular weight excluding hydrogens is 296 g/mol. The minimum absolute atomic E-state index is 0.821. The number of aryl methyl sites for hydroxylation is 2. The van der Waals surface area contributed by atoms with E-state index in [-0.39, 0.29) is 0 Å². The molecule has 0 saturated heterocycles. The maximum absolute atomic E-state index is 4.48. The molecule has 0 radical (unpaired) electrons. The summed E-state index contributed by atoms with van der Waals surface area (Å²) >= 11 is 0. The Balaban J connectivity index is 1.66. The normalized spacial score (nSPS) is 13.0. The van der Waals surface area contributed by atoms with Gasteiger partial charge in [0.05, 0.1) is 0 Å². The van der Waals surface area contributed by atoms with Crippen molar-refractivity contribution in [3.63, 3.8) is 0 Å². The van der Waals surface area contributed by atoms with Crippen LogP contribution in [-0.4, -0.2) is 16.5 Å². The van der Waals surface area contributed by atoms with Gasteiger partial charge in [0.15, 0.2) is 0 Å². The highest BCUT2D eigenvalue weighted by Gasteiger charge is 2.21. The average molecular weight is 316 g/mol. The van der Waals surface area contributed by atoms with Crippen molar-refractivity contribution < 1.29 is 0 Å². The van der Waals surface area contributed by atoms with Crippen LogP contribution >= 0.6 is 0 Å². The molecule has 1 N–H and O–H groups in total. The summed E-state index contributed by atoms with van der Waals surface area (Å²) in [5, 5.41) is 3.45. The number of hydrogen-bond acceptors (Lipinski definition) is 4. The van der Waals surface area contributed by atoms with Gasteiger partial charge in [-0.2, -0.15) is 0 Å². The standard InChI is InChI=1S/C20H20N4/c1-14-6-5-7-15(2)20(14)23-18-12-19(22-13-21-18)24-11-10-16-8-3-4-9-17(16)24/h3-9,12-13H,10-11H2,1-2H3,(H,21,22,23). The first kappa shape index (κ1) is 14.7. The van der Waals surface area contributed by atoms with E-state index in [0.717, 1.165) is 30.3 Å². The van der Waals surface area contributed by atoms with Crippen LogP contribution in [0.15, 0.2) is 54.9 Å². The second-order valence-corrected chi connectivity index (χ2v) is 6.18.